The molecular formula is C19H18O. The third-order valence-corrected chi connectivity index (χ3v) is 3.16. The van der Waals surface area contributed by atoms with Gasteiger partial charge in [-0.15, -0.1) is 0 Å². The highest BCUT2D eigenvalue weighted by atomic mass is 16.1. The summed E-state index contributed by atoms with van der Waals surface area (Å²) in [6, 6.07) is 19.8. The van der Waals surface area contributed by atoms with Crippen LogP contribution >= 0.6 is 0 Å². The van der Waals surface area contributed by atoms with E-state index in [0.717, 1.165) is 11.1 Å². The van der Waals surface area contributed by atoms with E-state index in [4.69, 9.17) is 0 Å². The maximum atomic E-state index is 12.3. The van der Waals surface area contributed by atoms with Gasteiger partial charge in [0, 0.05) is 12.8 Å². The zero-order chi connectivity index (χ0) is 14.4. The largest absolute Gasteiger partial charge is 0.289 e. The van der Waals surface area contributed by atoms with Crippen molar-refractivity contribution >= 4 is 5.78 Å². The minimum Gasteiger partial charge on any atom is -0.289 e. The van der Waals surface area contributed by atoms with Crippen molar-refractivity contribution < 1.29 is 4.79 Å². The van der Waals surface area contributed by atoms with Crippen LogP contribution in [0.25, 0.3) is 0 Å². The van der Waals surface area contributed by atoms with Crippen LogP contribution in [-0.2, 0) is 17.6 Å². The molecule has 0 fully saturated rings. The highest BCUT2D eigenvalue weighted by molar-refractivity contribution is 6.07. The van der Waals surface area contributed by atoms with Crippen LogP contribution in [0, 0.1) is 0 Å². The molecule has 2 aromatic rings. The van der Waals surface area contributed by atoms with E-state index in [1.165, 1.54) is 0 Å². The van der Waals surface area contributed by atoms with Gasteiger partial charge in [0.25, 0.3) is 0 Å². The molecule has 0 aliphatic carbocycles. The molecule has 1 nitrogen and oxygen atoms in total. The predicted octanol–water partition coefficient (Wildman–Crippen LogP) is 4.15. The Morgan fingerprint density at radius 2 is 1.05 bits per heavy atom. The van der Waals surface area contributed by atoms with E-state index in [9.17, 15) is 4.79 Å². The van der Waals surface area contributed by atoms with Crippen LogP contribution in [0.5, 0.6) is 0 Å². The molecule has 2 aromatic carbocycles. The van der Waals surface area contributed by atoms with Crippen molar-refractivity contribution in [2.75, 3.05) is 0 Å². The SMILES string of the molecule is C=C(Cc1ccccc1)C(=O)C(=C)Cc1ccccc1. The quantitative estimate of drug-likeness (QED) is 0.715. The van der Waals surface area contributed by atoms with Crippen LogP contribution < -0.4 is 0 Å². The number of carbonyl (C=O) groups excluding carboxylic acids is 1. The molecule has 0 N–H and O–H groups in total. The van der Waals surface area contributed by atoms with Crippen molar-refractivity contribution in [3.63, 3.8) is 0 Å². The minimum atomic E-state index is -0.0299. The average molecular weight is 262 g/mol. The standard InChI is InChI=1S/C19H18O/c1-15(13-17-9-5-3-6-10-17)19(20)16(2)14-18-11-7-4-8-12-18/h3-12H,1-2,13-14H2. The van der Waals surface area contributed by atoms with Crippen molar-refractivity contribution in [2.24, 2.45) is 0 Å². The van der Waals surface area contributed by atoms with Gasteiger partial charge in [0.1, 0.15) is 0 Å². The summed E-state index contributed by atoms with van der Waals surface area (Å²) in [5.41, 5.74) is 3.38. The molecule has 0 aromatic heterocycles. The van der Waals surface area contributed by atoms with E-state index < -0.39 is 0 Å². The number of allylic oxidation sites excluding steroid dienone is 2. The first kappa shape index (κ1) is 14.0. The van der Waals surface area contributed by atoms with Gasteiger partial charge >= 0.3 is 0 Å². The first-order valence-electron chi connectivity index (χ1n) is 6.65. The summed E-state index contributed by atoms with van der Waals surface area (Å²) < 4.78 is 0. The van der Waals surface area contributed by atoms with Crippen LogP contribution in [0.1, 0.15) is 11.1 Å². The maximum absolute atomic E-state index is 12.3. The van der Waals surface area contributed by atoms with Crippen molar-refractivity contribution in [2.45, 2.75) is 12.8 Å². The Balaban J connectivity index is 1.97. The summed E-state index contributed by atoms with van der Waals surface area (Å²) in [6.07, 6.45) is 1.15. The van der Waals surface area contributed by atoms with Gasteiger partial charge in [0.05, 0.1) is 0 Å². The molecule has 0 bridgehead atoms. The van der Waals surface area contributed by atoms with Crippen molar-refractivity contribution in [1.29, 1.82) is 0 Å². The van der Waals surface area contributed by atoms with Crippen LogP contribution in [-0.4, -0.2) is 5.78 Å². The topological polar surface area (TPSA) is 17.1 Å². The van der Waals surface area contributed by atoms with Gasteiger partial charge in [-0.25, -0.2) is 0 Å². The van der Waals surface area contributed by atoms with Gasteiger partial charge < -0.3 is 0 Å². The Kier molecular flexibility index (Phi) is 4.67. The van der Waals surface area contributed by atoms with Crippen LogP contribution in [0.2, 0.25) is 0 Å². The summed E-state index contributed by atoms with van der Waals surface area (Å²) in [5, 5.41) is 0. The van der Waals surface area contributed by atoms with E-state index in [2.05, 4.69) is 13.2 Å². The first-order chi connectivity index (χ1) is 9.66. The summed E-state index contributed by atoms with van der Waals surface area (Å²) in [6.45, 7) is 7.80. The van der Waals surface area contributed by atoms with Crippen molar-refractivity contribution in [3.05, 3.63) is 96.1 Å². The lowest BCUT2D eigenvalue weighted by Gasteiger charge is -2.08. The Hall–Kier alpha value is -2.41. The molecule has 0 heterocycles. The summed E-state index contributed by atoms with van der Waals surface area (Å²) in [7, 11) is 0. The number of carbonyl (C=O) groups is 1. The molecule has 0 radical (unpaired) electrons. The molecule has 1 heteroatoms. The molecule has 0 atom stereocenters. The summed E-state index contributed by atoms with van der Waals surface area (Å²) in [4.78, 5) is 12.3. The maximum Gasteiger partial charge on any atom is 0.184 e. The second-order valence-corrected chi connectivity index (χ2v) is 4.86. The van der Waals surface area contributed by atoms with E-state index in [0.29, 0.717) is 24.0 Å². The van der Waals surface area contributed by atoms with Gasteiger partial charge in [-0.2, -0.15) is 0 Å². The van der Waals surface area contributed by atoms with Crippen molar-refractivity contribution in [1.82, 2.24) is 0 Å². The van der Waals surface area contributed by atoms with E-state index >= 15 is 0 Å². The van der Waals surface area contributed by atoms with Gasteiger partial charge in [-0.1, -0.05) is 73.8 Å². The van der Waals surface area contributed by atoms with Gasteiger partial charge in [-0.3, -0.25) is 4.79 Å². The molecule has 0 saturated heterocycles. The minimum absolute atomic E-state index is 0.0299. The smallest absolute Gasteiger partial charge is 0.184 e. The molecule has 0 aliphatic rings. The number of hydrogen-bond acceptors (Lipinski definition) is 1. The van der Waals surface area contributed by atoms with E-state index in [1.807, 2.05) is 60.7 Å². The number of benzene rings is 2. The molecule has 0 saturated carbocycles. The monoisotopic (exact) mass is 262 g/mol. The lowest BCUT2D eigenvalue weighted by molar-refractivity contribution is -0.112. The third kappa shape index (κ3) is 3.79. The number of hydrogen-bond donors (Lipinski definition) is 0. The normalized spacial score (nSPS) is 10.0. The van der Waals surface area contributed by atoms with E-state index in [-0.39, 0.29) is 5.78 Å². The Bertz CT molecular complexity index is 553. The molecule has 2 rings (SSSR count). The molecule has 0 amide bonds. The second kappa shape index (κ2) is 6.67. The third-order valence-electron chi connectivity index (χ3n) is 3.16. The fraction of sp³-hybridized carbons (Fsp3) is 0.105. The summed E-state index contributed by atoms with van der Waals surface area (Å²) in [5.74, 6) is -0.0299. The number of ketones is 1. The number of rotatable bonds is 6. The predicted molar refractivity (Wildman–Crippen MR) is 83.6 cm³/mol. The van der Waals surface area contributed by atoms with Gasteiger partial charge in [0.2, 0.25) is 0 Å². The fourth-order valence-electron chi connectivity index (χ4n) is 2.10. The lowest BCUT2D eigenvalue weighted by Crippen LogP contribution is -2.09. The van der Waals surface area contributed by atoms with Crippen LogP contribution in [0.3, 0.4) is 0 Å². The molecular weight excluding hydrogens is 244 g/mol. The zero-order valence-corrected chi connectivity index (χ0v) is 11.5. The second-order valence-electron chi connectivity index (χ2n) is 4.86. The van der Waals surface area contributed by atoms with Gasteiger partial charge in [0.15, 0.2) is 5.78 Å². The van der Waals surface area contributed by atoms with Crippen molar-refractivity contribution in [3.8, 4) is 0 Å². The molecule has 20 heavy (non-hydrogen) atoms. The van der Waals surface area contributed by atoms with Gasteiger partial charge in [-0.05, 0) is 22.3 Å². The summed E-state index contributed by atoms with van der Waals surface area (Å²) >= 11 is 0. The molecule has 100 valence electrons. The Morgan fingerprint density at radius 3 is 1.40 bits per heavy atom. The highest BCUT2D eigenvalue weighted by Gasteiger charge is 2.12. The average Bonchev–Trinajstić information content (AvgIpc) is 2.48. The Labute approximate surface area is 120 Å². The van der Waals surface area contributed by atoms with E-state index in [1.54, 1.807) is 0 Å². The highest BCUT2D eigenvalue weighted by Crippen LogP contribution is 2.14. The zero-order valence-electron chi connectivity index (χ0n) is 11.5. The number of Topliss-reactive ketones (excluding diaryl/α,β-unsaturated/α-hetero) is 1. The lowest BCUT2D eigenvalue weighted by atomic mass is 9.95. The van der Waals surface area contributed by atoms with Crippen LogP contribution in [0.15, 0.2) is 85.0 Å². The molecule has 0 unspecified atom stereocenters. The van der Waals surface area contributed by atoms with Crippen LogP contribution in [0.4, 0.5) is 0 Å². The molecule has 0 aliphatic heterocycles. The fourth-order valence-corrected chi connectivity index (χ4v) is 2.10. The molecule has 0 spiro atoms. The first-order valence-corrected chi connectivity index (χ1v) is 6.65. The Morgan fingerprint density at radius 1 is 0.700 bits per heavy atom.